The molecule has 0 amide bonds. The molecule has 1 heterocycles. The molecular formula is C18H30N2O. The van der Waals surface area contributed by atoms with Crippen molar-refractivity contribution >= 4 is 0 Å². The Labute approximate surface area is 129 Å². The number of aryl methyl sites for hydroxylation is 3. The Hall–Kier alpha value is -0.900. The van der Waals surface area contributed by atoms with Gasteiger partial charge in [0.05, 0.1) is 0 Å². The van der Waals surface area contributed by atoms with Crippen LogP contribution in [0, 0.1) is 20.8 Å². The fourth-order valence-electron chi connectivity index (χ4n) is 3.63. The quantitative estimate of drug-likeness (QED) is 0.902. The molecule has 1 fully saturated rings. The molecule has 1 aliphatic rings. The van der Waals surface area contributed by atoms with Gasteiger partial charge in [-0.05, 0) is 64.4 Å². The molecule has 2 rings (SSSR count). The summed E-state index contributed by atoms with van der Waals surface area (Å²) in [6, 6.07) is 5.63. The van der Waals surface area contributed by atoms with Crippen molar-refractivity contribution in [3.8, 4) is 0 Å². The molecule has 1 N–H and O–H groups in total. The second-order valence-corrected chi connectivity index (χ2v) is 6.44. The largest absolute Gasteiger partial charge is 0.381 e. The van der Waals surface area contributed by atoms with Crippen molar-refractivity contribution in [3.63, 3.8) is 0 Å². The van der Waals surface area contributed by atoms with E-state index in [1.807, 2.05) is 0 Å². The summed E-state index contributed by atoms with van der Waals surface area (Å²) in [5.74, 6) is 0. The summed E-state index contributed by atoms with van der Waals surface area (Å²) in [5, 5.41) is 3.52. The standard InChI is InChI=1S/C18H30N2O/c1-13-10-14(2)18(15(3)11-13)17(19-4)12-20(5)16-6-8-21-9-7-16/h10-11,16-17,19H,6-9,12H2,1-5H3. The van der Waals surface area contributed by atoms with E-state index in [1.54, 1.807) is 0 Å². The van der Waals surface area contributed by atoms with Crippen LogP contribution in [0.15, 0.2) is 12.1 Å². The predicted octanol–water partition coefficient (Wildman–Crippen LogP) is 2.98. The van der Waals surface area contributed by atoms with E-state index >= 15 is 0 Å². The highest BCUT2D eigenvalue weighted by atomic mass is 16.5. The lowest BCUT2D eigenvalue weighted by atomic mass is 9.93. The Morgan fingerprint density at radius 3 is 2.29 bits per heavy atom. The highest BCUT2D eigenvalue weighted by Crippen LogP contribution is 2.25. The zero-order valence-corrected chi connectivity index (χ0v) is 14.2. The van der Waals surface area contributed by atoms with Crippen molar-refractivity contribution in [2.75, 3.05) is 33.9 Å². The van der Waals surface area contributed by atoms with Gasteiger partial charge in [0, 0.05) is 31.8 Å². The SMILES string of the molecule is CNC(CN(C)C1CCOCC1)c1c(C)cc(C)cc1C. The molecule has 1 aromatic carbocycles. The maximum atomic E-state index is 5.47. The van der Waals surface area contributed by atoms with E-state index in [0.717, 1.165) is 32.6 Å². The number of benzene rings is 1. The lowest BCUT2D eigenvalue weighted by Crippen LogP contribution is -2.41. The van der Waals surface area contributed by atoms with Crippen LogP contribution in [-0.2, 0) is 4.74 Å². The first-order valence-electron chi connectivity index (χ1n) is 8.06. The number of rotatable bonds is 5. The summed E-state index contributed by atoms with van der Waals surface area (Å²) in [6.45, 7) is 9.49. The van der Waals surface area contributed by atoms with Crippen LogP contribution in [0.4, 0.5) is 0 Å². The molecule has 0 aliphatic carbocycles. The topological polar surface area (TPSA) is 24.5 Å². The molecule has 1 unspecified atom stereocenters. The summed E-state index contributed by atoms with van der Waals surface area (Å²) in [5.41, 5.74) is 5.60. The fraction of sp³-hybridized carbons (Fsp3) is 0.667. The average molecular weight is 290 g/mol. The first kappa shape index (κ1) is 16.5. The minimum absolute atomic E-state index is 0.387. The highest BCUT2D eigenvalue weighted by Gasteiger charge is 2.23. The van der Waals surface area contributed by atoms with Gasteiger partial charge in [-0.25, -0.2) is 0 Å². The lowest BCUT2D eigenvalue weighted by Gasteiger charge is -2.34. The van der Waals surface area contributed by atoms with E-state index in [1.165, 1.54) is 22.3 Å². The van der Waals surface area contributed by atoms with Crippen molar-refractivity contribution in [2.45, 2.75) is 45.7 Å². The van der Waals surface area contributed by atoms with Gasteiger partial charge in [-0.1, -0.05) is 17.7 Å². The van der Waals surface area contributed by atoms with Gasteiger partial charge in [-0.2, -0.15) is 0 Å². The van der Waals surface area contributed by atoms with Crippen LogP contribution in [0.5, 0.6) is 0 Å². The Bertz CT molecular complexity index is 443. The van der Waals surface area contributed by atoms with Gasteiger partial charge in [-0.3, -0.25) is 0 Å². The van der Waals surface area contributed by atoms with Crippen molar-refractivity contribution in [1.29, 1.82) is 0 Å². The number of hydrogen-bond acceptors (Lipinski definition) is 3. The third-order valence-electron chi connectivity index (χ3n) is 4.72. The molecule has 21 heavy (non-hydrogen) atoms. The van der Waals surface area contributed by atoms with E-state index in [2.05, 4.69) is 57.2 Å². The Kier molecular flexibility index (Phi) is 5.80. The van der Waals surface area contributed by atoms with E-state index in [9.17, 15) is 0 Å². The van der Waals surface area contributed by atoms with Crippen LogP contribution in [0.1, 0.15) is 41.1 Å². The van der Waals surface area contributed by atoms with Crippen LogP contribution in [-0.4, -0.2) is 44.8 Å². The van der Waals surface area contributed by atoms with Crippen LogP contribution in [0.25, 0.3) is 0 Å². The molecule has 0 spiro atoms. The monoisotopic (exact) mass is 290 g/mol. The van der Waals surface area contributed by atoms with Crippen LogP contribution in [0.2, 0.25) is 0 Å². The molecule has 1 aliphatic heterocycles. The molecule has 1 saturated heterocycles. The summed E-state index contributed by atoms with van der Waals surface area (Å²) in [7, 11) is 4.32. The van der Waals surface area contributed by atoms with Gasteiger partial charge >= 0.3 is 0 Å². The van der Waals surface area contributed by atoms with Gasteiger partial charge in [0.15, 0.2) is 0 Å². The van der Waals surface area contributed by atoms with Crippen molar-refractivity contribution < 1.29 is 4.74 Å². The zero-order chi connectivity index (χ0) is 15.4. The summed E-state index contributed by atoms with van der Waals surface area (Å²) < 4.78 is 5.47. The normalized spacial score (nSPS) is 18.2. The molecule has 3 heteroatoms. The lowest BCUT2D eigenvalue weighted by molar-refractivity contribution is 0.0403. The second-order valence-electron chi connectivity index (χ2n) is 6.44. The van der Waals surface area contributed by atoms with Crippen LogP contribution in [0.3, 0.4) is 0 Å². The molecule has 1 atom stereocenters. The first-order chi connectivity index (χ1) is 10.0. The predicted molar refractivity (Wildman–Crippen MR) is 88.9 cm³/mol. The third kappa shape index (κ3) is 4.06. The van der Waals surface area contributed by atoms with Crippen molar-refractivity contribution in [3.05, 3.63) is 34.4 Å². The molecule has 0 radical (unpaired) electrons. The molecule has 3 nitrogen and oxygen atoms in total. The number of nitrogens with one attached hydrogen (secondary N) is 1. The Morgan fingerprint density at radius 2 is 1.76 bits per heavy atom. The molecular weight excluding hydrogens is 260 g/mol. The maximum absolute atomic E-state index is 5.47. The average Bonchev–Trinajstić information content (AvgIpc) is 2.45. The number of nitrogens with zero attached hydrogens (tertiary/aromatic N) is 1. The smallest absolute Gasteiger partial charge is 0.0480 e. The van der Waals surface area contributed by atoms with Gasteiger partial charge < -0.3 is 15.0 Å². The minimum atomic E-state index is 0.387. The van der Waals surface area contributed by atoms with E-state index in [-0.39, 0.29) is 0 Å². The molecule has 1 aromatic rings. The second kappa shape index (κ2) is 7.39. The number of ether oxygens (including phenoxy) is 1. The maximum Gasteiger partial charge on any atom is 0.0480 e. The molecule has 0 bridgehead atoms. The molecule has 0 aromatic heterocycles. The Balaban J connectivity index is 2.12. The number of hydrogen-bond donors (Lipinski definition) is 1. The zero-order valence-electron chi connectivity index (χ0n) is 14.2. The number of likely N-dealkylation sites (N-methyl/N-ethyl adjacent to an activating group) is 2. The van der Waals surface area contributed by atoms with E-state index < -0.39 is 0 Å². The van der Waals surface area contributed by atoms with E-state index in [4.69, 9.17) is 4.74 Å². The van der Waals surface area contributed by atoms with Gasteiger partial charge in [0.2, 0.25) is 0 Å². The Morgan fingerprint density at radius 1 is 1.19 bits per heavy atom. The summed E-state index contributed by atoms with van der Waals surface area (Å²) in [6.07, 6.45) is 2.30. The van der Waals surface area contributed by atoms with Crippen LogP contribution >= 0.6 is 0 Å². The molecule has 118 valence electrons. The molecule has 0 saturated carbocycles. The van der Waals surface area contributed by atoms with E-state index in [0.29, 0.717) is 12.1 Å². The summed E-state index contributed by atoms with van der Waals surface area (Å²) >= 11 is 0. The van der Waals surface area contributed by atoms with Gasteiger partial charge in [0.25, 0.3) is 0 Å². The fourth-order valence-corrected chi connectivity index (χ4v) is 3.63. The highest BCUT2D eigenvalue weighted by molar-refractivity contribution is 5.39. The van der Waals surface area contributed by atoms with Crippen molar-refractivity contribution in [1.82, 2.24) is 10.2 Å². The minimum Gasteiger partial charge on any atom is -0.381 e. The first-order valence-corrected chi connectivity index (χ1v) is 8.06. The summed E-state index contributed by atoms with van der Waals surface area (Å²) in [4.78, 5) is 2.50. The van der Waals surface area contributed by atoms with Gasteiger partial charge in [-0.15, -0.1) is 0 Å². The van der Waals surface area contributed by atoms with Crippen LogP contribution < -0.4 is 5.32 Å². The van der Waals surface area contributed by atoms with Gasteiger partial charge in [0.1, 0.15) is 0 Å². The third-order valence-corrected chi connectivity index (χ3v) is 4.72. The van der Waals surface area contributed by atoms with Crippen molar-refractivity contribution in [2.24, 2.45) is 0 Å².